The van der Waals surface area contributed by atoms with Gasteiger partial charge in [-0.15, -0.1) is 0 Å². The normalized spacial score (nSPS) is 12.2. The summed E-state index contributed by atoms with van der Waals surface area (Å²) >= 11 is 3.45. The maximum Gasteiger partial charge on any atom is 0.244 e. The predicted molar refractivity (Wildman–Crippen MR) is 160 cm³/mol. The van der Waals surface area contributed by atoms with E-state index in [-0.39, 0.29) is 24.9 Å². The SMILES string of the molecule is Cc1cc(N(CC(=O)N(Cc2ccccc2C)[C@@H](Cc2ccccc2)C(=O)NC(C)C)S(C)(=O)=O)ccc1Br. The summed E-state index contributed by atoms with van der Waals surface area (Å²) in [5.74, 6) is -0.759. The minimum Gasteiger partial charge on any atom is -0.352 e. The molecule has 0 aliphatic heterocycles. The van der Waals surface area contributed by atoms with Gasteiger partial charge in [0.05, 0.1) is 11.9 Å². The molecule has 1 N–H and O–H groups in total. The van der Waals surface area contributed by atoms with Gasteiger partial charge < -0.3 is 10.2 Å². The molecule has 3 rings (SSSR count). The lowest BCUT2D eigenvalue weighted by atomic mass is 10.0. The van der Waals surface area contributed by atoms with Crippen LogP contribution in [0.3, 0.4) is 0 Å². The third-order valence-corrected chi connectivity index (χ3v) is 8.44. The number of hydrogen-bond acceptors (Lipinski definition) is 4. The molecule has 0 aromatic heterocycles. The molecular formula is C30H36BrN3O4S. The second-order valence-electron chi connectivity index (χ2n) is 10.0. The highest BCUT2D eigenvalue weighted by molar-refractivity contribution is 9.10. The lowest BCUT2D eigenvalue weighted by Crippen LogP contribution is -2.54. The number of hydrogen-bond donors (Lipinski definition) is 1. The zero-order chi connectivity index (χ0) is 28.7. The van der Waals surface area contributed by atoms with E-state index in [0.717, 1.165) is 37.3 Å². The van der Waals surface area contributed by atoms with Crippen molar-refractivity contribution in [2.45, 2.75) is 52.7 Å². The molecule has 0 saturated heterocycles. The molecule has 9 heteroatoms. The van der Waals surface area contributed by atoms with Gasteiger partial charge in [0.2, 0.25) is 21.8 Å². The Morgan fingerprint density at radius 3 is 2.15 bits per heavy atom. The van der Waals surface area contributed by atoms with Gasteiger partial charge in [0.1, 0.15) is 12.6 Å². The summed E-state index contributed by atoms with van der Waals surface area (Å²) in [7, 11) is -3.81. The number of nitrogens with zero attached hydrogens (tertiary/aromatic N) is 2. The van der Waals surface area contributed by atoms with Crippen LogP contribution in [0.1, 0.15) is 36.1 Å². The van der Waals surface area contributed by atoms with Crippen LogP contribution in [0, 0.1) is 13.8 Å². The third-order valence-electron chi connectivity index (χ3n) is 6.41. The van der Waals surface area contributed by atoms with E-state index in [1.54, 1.807) is 18.2 Å². The minimum atomic E-state index is -3.81. The maximum absolute atomic E-state index is 14.1. The summed E-state index contributed by atoms with van der Waals surface area (Å²) in [5, 5.41) is 2.96. The van der Waals surface area contributed by atoms with E-state index in [9.17, 15) is 18.0 Å². The van der Waals surface area contributed by atoms with Crippen LogP contribution in [0.15, 0.2) is 77.3 Å². The van der Waals surface area contributed by atoms with E-state index in [1.165, 1.54) is 4.90 Å². The van der Waals surface area contributed by atoms with Gasteiger partial charge in [-0.2, -0.15) is 0 Å². The summed E-state index contributed by atoms with van der Waals surface area (Å²) in [5.41, 5.74) is 3.97. The molecular weight excluding hydrogens is 578 g/mol. The average molecular weight is 615 g/mol. The van der Waals surface area contributed by atoms with Crippen LogP contribution in [0.5, 0.6) is 0 Å². The fourth-order valence-corrected chi connectivity index (χ4v) is 5.39. The minimum absolute atomic E-state index is 0.135. The van der Waals surface area contributed by atoms with Crippen molar-refractivity contribution < 1.29 is 18.0 Å². The van der Waals surface area contributed by atoms with Gasteiger partial charge >= 0.3 is 0 Å². The summed E-state index contributed by atoms with van der Waals surface area (Å²) in [6.45, 7) is 7.26. The highest BCUT2D eigenvalue weighted by atomic mass is 79.9. The van der Waals surface area contributed by atoms with Gasteiger partial charge in [-0.05, 0) is 68.1 Å². The number of carbonyl (C=O) groups is 2. The fourth-order valence-electron chi connectivity index (χ4n) is 4.30. The number of nitrogens with one attached hydrogen (secondary N) is 1. The first-order chi connectivity index (χ1) is 18.4. The van der Waals surface area contributed by atoms with Crippen LogP contribution < -0.4 is 9.62 Å². The van der Waals surface area contributed by atoms with Crippen molar-refractivity contribution in [2.24, 2.45) is 0 Å². The van der Waals surface area contributed by atoms with Crippen molar-refractivity contribution in [3.63, 3.8) is 0 Å². The molecule has 0 heterocycles. The van der Waals surface area contributed by atoms with Crippen LogP contribution in [0.2, 0.25) is 0 Å². The summed E-state index contributed by atoms with van der Waals surface area (Å²) in [6.07, 6.45) is 1.36. The van der Waals surface area contributed by atoms with Crippen molar-refractivity contribution in [3.8, 4) is 0 Å². The molecule has 0 radical (unpaired) electrons. The molecule has 39 heavy (non-hydrogen) atoms. The van der Waals surface area contributed by atoms with Crippen LogP contribution in [0.4, 0.5) is 5.69 Å². The Labute approximate surface area is 240 Å². The zero-order valence-electron chi connectivity index (χ0n) is 23.0. The number of amides is 2. The number of halogens is 1. The maximum atomic E-state index is 14.1. The average Bonchev–Trinajstić information content (AvgIpc) is 2.87. The van der Waals surface area contributed by atoms with E-state index < -0.39 is 28.5 Å². The first kappa shape index (κ1) is 30.4. The summed E-state index contributed by atoms with van der Waals surface area (Å²) in [4.78, 5) is 29.2. The Morgan fingerprint density at radius 2 is 1.56 bits per heavy atom. The molecule has 3 aromatic carbocycles. The van der Waals surface area contributed by atoms with Crippen LogP contribution >= 0.6 is 15.9 Å². The summed E-state index contributed by atoms with van der Waals surface area (Å²) in [6, 6.07) is 21.3. The summed E-state index contributed by atoms with van der Waals surface area (Å²) < 4.78 is 27.7. The molecule has 0 aliphatic rings. The predicted octanol–water partition coefficient (Wildman–Crippen LogP) is 5.00. The van der Waals surface area contributed by atoms with E-state index >= 15 is 0 Å². The fraction of sp³-hybridized carbons (Fsp3) is 0.333. The van der Waals surface area contributed by atoms with Gasteiger partial charge in [0, 0.05) is 23.5 Å². The third kappa shape index (κ3) is 8.41. The molecule has 0 unspecified atom stereocenters. The van der Waals surface area contributed by atoms with Crippen LogP contribution in [-0.2, 0) is 32.6 Å². The lowest BCUT2D eigenvalue weighted by molar-refractivity contribution is -0.140. The molecule has 0 aliphatic carbocycles. The number of carbonyl (C=O) groups excluding carboxylic acids is 2. The van der Waals surface area contributed by atoms with Gasteiger partial charge in [0.15, 0.2) is 0 Å². The van der Waals surface area contributed by atoms with Crippen LogP contribution in [0.25, 0.3) is 0 Å². The Balaban J connectivity index is 2.08. The first-order valence-electron chi connectivity index (χ1n) is 12.8. The highest BCUT2D eigenvalue weighted by Crippen LogP contribution is 2.25. The molecule has 7 nitrogen and oxygen atoms in total. The van der Waals surface area contributed by atoms with E-state index in [2.05, 4.69) is 21.2 Å². The molecule has 0 saturated carbocycles. The molecule has 0 spiro atoms. The molecule has 1 atom stereocenters. The molecule has 0 fully saturated rings. The number of sulfonamides is 1. The van der Waals surface area contributed by atoms with Crippen molar-refractivity contribution >= 4 is 43.5 Å². The van der Waals surface area contributed by atoms with Gasteiger partial charge in [-0.1, -0.05) is 70.5 Å². The van der Waals surface area contributed by atoms with E-state index in [4.69, 9.17) is 0 Å². The number of aryl methyl sites for hydroxylation is 2. The Kier molecular flexibility index (Phi) is 10.3. The largest absolute Gasteiger partial charge is 0.352 e. The molecule has 208 valence electrons. The Bertz CT molecular complexity index is 1410. The van der Waals surface area contributed by atoms with Gasteiger partial charge in [-0.3, -0.25) is 13.9 Å². The zero-order valence-corrected chi connectivity index (χ0v) is 25.4. The van der Waals surface area contributed by atoms with Crippen molar-refractivity contribution in [3.05, 3.63) is 99.5 Å². The van der Waals surface area contributed by atoms with Crippen molar-refractivity contribution in [1.82, 2.24) is 10.2 Å². The number of rotatable bonds is 11. The van der Waals surface area contributed by atoms with Gasteiger partial charge in [-0.25, -0.2) is 8.42 Å². The van der Waals surface area contributed by atoms with Crippen LogP contribution in [-0.4, -0.2) is 50.0 Å². The van der Waals surface area contributed by atoms with Crippen molar-refractivity contribution in [2.75, 3.05) is 17.1 Å². The second-order valence-corrected chi connectivity index (χ2v) is 12.8. The topological polar surface area (TPSA) is 86.8 Å². The smallest absolute Gasteiger partial charge is 0.244 e. The highest BCUT2D eigenvalue weighted by Gasteiger charge is 2.33. The Hall–Kier alpha value is -3.17. The Morgan fingerprint density at radius 1 is 0.923 bits per heavy atom. The first-order valence-corrected chi connectivity index (χ1v) is 15.4. The van der Waals surface area contributed by atoms with E-state index in [0.29, 0.717) is 5.69 Å². The molecule has 2 amide bonds. The lowest BCUT2D eigenvalue weighted by Gasteiger charge is -2.34. The quantitative estimate of drug-likeness (QED) is 0.330. The monoisotopic (exact) mass is 613 g/mol. The van der Waals surface area contributed by atoms with Gasteiger partial charge in [0.25, 0.3) is 0 Å². The standard InChI is InChI=1S/C30H36BrN3O4S/c1-21(2)32-30(36)28(18-24-12-7-6-8-13-24)33(19-25-14-10-9-11-22(25)3)29(35)20-34(39(5,37)38)26-15-16-27(31)23(4)17-26/h6-17,21,28H,18-20H2,1-5H3,(H,32,36)/t28-/m0/s1. The number of benzene rings is 3. The second kappa shape index (κ2) is 13.3. The molecule has 0 bridgehead atoms. The molecule has 3 aromatic rings. The number of anilines is 1. The van der Waals surface area contributed by atoms with Crippen molar-refractivity contribution in [1.29, 1.82) is 0 Å². The van der Waals surface area contributed by atoms with E-state index in [1.807, 2.05) is 82.3 Å².